The molecule has 6 heterocycles. The lowest BCUT2D eigenvalue weighted by atomic mass is 9.92. The van der Waals surface area contributed by atoms with Crippen LogP contribution >= 0.6 is 0 Å². The van der Waals surface area contributed by atoms with Crippen LogP contribution in [-0.4, -0.2) is 122 Å². The average molecular weight is 1250 g/mol. The number of anilines is 6. The summed E-state index contributed by atoms with van der Waals surface area (Å²) in [7, 11) is 5.06. The Bertz CT molecular complexity index is 3720. The lowest BCUT2D eigenvalue weighted by Gasteiger charge is -2.31. The number of para-hydroxylation sites is 1. The Morgan fingerprint density at radius 2 is 0.967 bits per heavy atom. The number of hydrogen-bond acceptors (Lipinski definition) is 13. The lowest BCUT2D eigenvalue weighted by Crippen LogP contribution is -2.36. The molecular formula is C74H89F2N9O7. The van der Waals surface area contributed by atoms with Gasteiger partial charge in [-0.05, 0) is 179 Å². The fourth-order valence-electron chi connectivity index (χ4n) is 13.2. The summed E-state index contributed by atoms with van der Waals surface area (Å²) in [5.41, 5.74) is 15.6. The summed E-state index contributed by atoms with van der Waals surface area (Å²) >= 11 is 0. The maximum absolute atomic E-state index is 14.5. The Morgan fingerprint density at radius 3 is 1.54 bits per heavy atom. The van der Waals surface area contributed by atoms with Gasteiger partial charge in [-0.15, -0.1) is 0 Å². The number of amides is 3. The molecule has 16 nitrogen and oxygen atoms in total. The quantitative estimate of drug-likeness (QED) is 0.0354. The first-order valence-electron chi connectivity index (χ1n) is 32.5. The standard InChI is InChI=1S/C25H30FN3O2.C25H31N3O2.C24H28FN3O3/c1-16-14-19-8-10-21(26)23(24(19)28-17(16)2)25(30)27-11-5-13-29-12-4-6-18-7-9-20(31-3)15-22(18)29;1-17-15-20-7-4-9-22(24(20)27-18(17)2)25(29)26-12-6-14-28-13-5-8-19-16-21(30-3)10-11-23(19)28;1-15-22(29)12-17-11-18(25)13-20(23(17)27-15)24(30)26-8-4-10-28-9-3-5-16-6-7-19(31-2)14-21(16)28/h7-10,15,17,28H,1,4-6,11-14H2,2-3H3,(H,27,30);4,7,9-11,16,18,27H,1,5-6,8,12-15H2,2-3H3,(H,26,29);6-7,11,13-15,27H,3-5,8-10,12H2,1-2H3,(H,26,30). The maximum Gasteiger partial charge on any atom is 0.256 e. The van der Waals surface area contributed by atoms with Gasteiger partial charge < -0.3 is 60.8 Å². The third kappa shape index (κ3) is 15.6. The second-order valence-corrected chi connectivity index (χ2v) is 24.8. The number of carbonyl (C=O) groups excluding carboxylic acids is 4. The van der Waals surface area contributed by atoms with Crippen LogP contribution in [0, 0.1) is 11.6 Å². The molecule has 12 rings (SSSR count). The van der Waals surface area contributed by atoms with E-state index in [-0.39, 0.29) is 59.2 Å². The fourth-order valence-corrected chi connectivity index (χ4v) is 13.2. The van der Waals surface area contributed by atoms with Gasteiger partial charge in [-0.3, -0.25) is 19.2 Å². The van der Waals surface area contributed by atoms with Gasteiger partial charge >= 0.3 is 0 Å². The number of Topliss-reactive ketones (excluding diaryl/α,β-unsaturated/α-hetero) is 1. The third-order valence-corrected chi connectivity index (χ3v) is 18.5. The minimum Gasteiger partial charge on any atom is -0.497 e. The first-order chi connectivity index (χ1) is 44.5. The van der Waals surface area contributed by atoms with E-state index in [4.69, 9.17) is 14.2 Å². The minimum absolute atomic E-state index is 0.0111. The van der Waals surface area contributed by atoms with Gasteiger partial charge in [0.25, 0.3) is 17.7 Å². The highest BCUT2D eigenvalue weighted by atomic mass is 19.1. The molecule has 92 heavy (non-hydrogen) atoms. The second-order valence-electron chi connectivity index (χ2n) is 24.8. The largest absolute Gasteiger partial charge is 0.497 e. The Hall–Kier alpha value is -9.06. The predicted octanol–water partition coefficient (Wildman–Crippen LogP) is 11.8. The SMILES string of the molecule is C=C1Cc2ccc(F)c(C(=O)NCCCN3CCCc4ccc(OC)cc43)c2NC1C.C=C1Cc2cccc(C(=O)NCCCN3CCCc4cc(OC)ccc43)c2NC1C.COc1ccc2c(c1)N(CCCNC(=O)c1cc(F)cc3c1NC(C)C(=O)C3)CCC2. The number of fused-ring (bicyclic) bond motifs is 6. The van der Waals surface area contributed by atoms with Crippen LogP contribution in [0.1, 0.15) is 124 Å². The lowest BCUT2D eigenvalue weighted by molar-refractivity contribution is -0.119. The molecule has 6 N–H and O–H groups in total. The van der Waals surface area contributed by atoms with Crippen LogP contribution in [0.4, 0.5) is 42.9 Å². The van der Waals surface area contributed by atoms with E-state index >= 15 is 0 Å². The first kappa shape index (κ1) is 65.9. The van der Waals surface area contributed by atoms with Crippen molar-refractivity contribution in [1.82, 2.24) is 16.0 Å². The topological polar surface area (TPSA) is 178 Å². The van der Waals surface area contributed by atoms with Crippen molar-refractivity contribution in [3.8, 4) is 17.2 Å². The zero-order valence-electron chi connectivity index (χ0n) is 54.2. The molecule has 3 atom stereocenters. The Labute approximate surface area is 540 Å². The number of hydrogen-bond donors (Lipinski definition) is 6. The molecule has 0 aliphatic carbocycles. The number of benzene rings is 6. The van der Waals surface area contributed by atoms with Crippen molar-refractivity contribution in [1.29, 1.82) is 0 Å². The number of aryl methyl sites for hydroxylation is 3. The number of carbonyl (C=O) groups is 4. The van der Waals surface area contributed by atoms with Gasteiger partial charge in [0.2, 0.25) is 0 Å². The molecule has 6 aliphatic rings. The molecule has 6 aliphatic heterocycles. The van der Waals surface area contributed by atoms with E-state index in [9.17, 15) is 28.0 Å². The van der Waals surface area contributed by atoms with Gasteiger partial charge in [0.1, 0.15) is 28.9 Å². The van der Waals surface area contributed by atoms with Gasteiger partial charge in [-0.25, -0.2) is 8.78 Å². The summed E-state index contributed by atoms with van der Waals surface area (Å²) in [6, 6.07) is 30.1. The van der Waals surface area contributed by atoms with Crippen LogP contribution in [0.3, 0.4) is 0 Å². The highest BCUT2D eigenvalue weighted by Gasteiger charge is 2.30. The summed E-state index contributed by atoms with van der Waals surface area (Å²) in [5.74, 6) is 0.884. The molecule has 0 bridgehead atoms. The molecule has 0 radical (unpaired) electrons. The monoisotopic (exact) mass is 1250 g/mol. The van der Waals surface area contributed by atoms with Crippen LogP contribution in [0.15, 0.2) is 121 Å². The molecule has 0 spiro atoms. The minimum atomic E-state index is -0.507. The van der Waals surface area contributed by atoms with E-state index in [1.54, 1.807) is 34.3 Å². The van der Waals surface area contributed by atoms with Crippen molar-refractivity contribution < 1.29 is 42.2 Å². The van der Waals surface area contributed by atoms with E-state index in [2.05, 4.69) is 109 Å². The van der Waals surface area contributed by atoms with E-state index < -0.39 is 11.6 Å². The number of ketones is 1. The molecule has 3 amide bonds. The van der Waals surface area contributed by atoms with Gasteiger partial charge in [0, 0.05) is 107 Å². The first-order valence-corrected chi connectivity index (χ1v) is 32.5. The average Bonchev–Trinajstić information content (AvgIpc) is 0.851. The zero-order chi connectivity index (χ0) is 65.0. The number of ether oxygens (including phenoxy) is 3. The molecule has 6 aromatic carbocycles. The van der Waals surface area contributed by atoms with Crippen molar-refractivity contribution in [2.75, 3.05) is 111 Å². The number of nitrogens with one attached hydrogen (secondary N) is 6. The molecule has 0 fully saturated rings. The molecule has 0 saturated carbocycles. The number of methoxy groups -OCH3 is 3. The van der Waals surface area contributed by atoms with Crippen molar-refractivity contribution in [2.24, 2.45) is 0 Å². The smallest absolute Gasteiger partial charge is 0.256 e. The van der Waals surface area contributed by atoms with Crippen LogP contribution < -0.4 is 60.8 Å². The number of halogens is 2. The Morgan fingerprint density at radius 1 is 0.500 bits per heavy atom. The van der Waals surface area contributed by atoms with Gasteiger partial charge in [0.05, 0.1) is 61.1 Å². The summed E-state index contributed by atoms with van der Waals surface area (Å²) in [6.07, 6.45) is 10.7. The molecule has 0 aromatic heterocycles. The second kappa shape index (κ2) is 30.4. The molecule has 3 unspecified atom stereocenters. The summed E-state index contributed by atoms with van der Waals surface area (Å²) < 4.78 is 44.7. The van der Waals surface area contributed by atoms with Crippen molar-refractivity contribution in [3.05, 3.63) is 183 Å². The maximum atomic E-state index is 14.5. The Kier molecular flexibility index (Phi) is 21.8. The normalized spacial score (nSPS) is 17.5. The molecular weight excluding hydrogens is 1160 g/mol. The van der Waals surface area contributed by atoms with Gasteiger partial charge in [-0.1, -0.05) is 54.6 Å². The van der Waals surface area contributed by atoms with E-state index in [1.165, 1.54) is 52.0 Å². The van der Waals surface area contributed by atoms with Crippen LogP contribution in [0.5, 0.6) is 17.2 Å². The number of nitrogens with zero attached hydrogens (tertiary/aromatic N) is 3. The Balaban J connectivity index is 0.000000151. The van der Waals surface area contributed by atoms with Crippen LogP contribution in [-0.2, 0) is 43.3 Å². The van der Waals surface area contributed by atoms with Gasteiger partial charge in [0.15, 0.2) is 5.78 Å². The van der Waals surface area contributed by atoms with Crippen LogP contribution in [0.2, 0.25) is 0 Å². The van der Waals surface area contributed by atoms with Crippen molar-refractivity contribution >= 4 is 57.6 Å². The molecule has 18 heteroatoms. The molecule has 486 valence electrons. The summed E-state index contributed by atoms with van der Waals surface area (Å²) in [5, 5.41) is 18.7. The van der Waals surface area contributed by atoms with E-state index in [0.717, 1.165) is 154 Å². The third-order valence-electron chi connectivity index (χ3n) is 18.5. The van der Waals surface area contributed by atoms with Gasteiger partial charge in [-0.2, -0.15) is 0 Å². The van der Waals surface area contributed by atoms with Crippen LogP contribution in [0.25, 0.3) is 0 Å². The highest BCUT2D eigenvalue weighted by molar-refractivity contribution is 6.04. The van der Waals surface area contributed by atoms with Crippen molar-refractivity contribution in [2.45, 2.75) is 116 Å². The fraction of sp³-hybridized carbons (Fsp3) is 0.405. The summed E-state index contributed by atoms with van der Waals surface area (Å²) in [4.78, 5) is 57.4. The zero-order valence-corrected chi connectivity index (χ0v) is 54.2. The highest BCUT2D eigenvalue weighted by Crippen LogP contribution is 2.37. The summed E-state index contributed by atoms with van der Waals surface area (Å²) in [6.45, 7) is 21.2. The van der Waals surface area contributed by atoms with E-state index in [0.29, 0.717) is 43.0 Å². The predicted molar refractivity (Wildman–Crippen MR) is 364 cm³/mol. The van der Waals surface area contributed by atoms with E-state index in [1.807, 2.05) is 37.3 Å². The van der Waals surface area contributed by atoms with Crippen molar-refractivity contribution in [3.63, 3.8) is 0 Å². The molecule has 0 saturated heterocycles. The molecule has 6 aromatic rings. The number of rotatable bonds is 18.